The monoisotopic (exact) mass is 269 g/mol. The second-order valence-electron chi connectivity index (χ2n) is 4.37. The van der Waals surface area contributed by atoms with Crippen LogP contribution in [0.2, 0.25) is 0 Å². The Kier molecular flexibility index (Phi) is 2.83. The number of nitrogens with one attached hydrogen (secondary N) is 2. The summed E-state index contributed by atoms with van der Waals surface area (Å²) in [5.74, 6) is 0.367. The summed E-state index contributed by atoms with van der Waals surface area (Å²) < 4.78 is 5.05. The van der Waals surface area contributed by atoms with Gasteiger partial charge >= 0.3 is 5.63 Å². The van der Waals surface area contributed by atoms with Crippen molar-refractivity contribution in [1.29, 1.82) is 0 Å². The van der Waals surface area contributed by atoms with E-state index in [0.29, 0.717) is 17.2 Å². The van der Waals surface area contributed by atoms with E-state index in [2.05, 4.69) is 15.3 Å². The van der Waals surface area contributed by atoms with E-state index in [4.69, 9.17) is 4.42 Å². The van der Waals surface area contributed by atoms with Crippen molar-refractivity contribution in [2.45, 2.75) is 6.92 Å². The molecule has 0 aliphatic heterocycles. The molecule has 100 valence electrons. The first-order valence-electron chi connectivity index (χ1n) is 5.99. The number of anilines is 2. The van der Waals surface area contributed by atoms with Crippen LogP contribution in [-0.4, -0.2) is 9.97 Å². The Hall–Kier alpha value is -2.89. The van der Waals surface area contributed by atoms with Crippen LogP contribution in [0.25, 0.3) is 11.0 Å². The summed E-state index contributed by atoms with van der Waals surface area (Å²) in [6.45, 7) is 1.75. The average Bonchev–Trinajstić information content (AvgIpc) is 2.38. The lowest BCUT2D eigenvalue weighted by Gasteiger charge is -2.06. The molecule has 0 spiro atoms. The zero-order chi connectivity index (χ0) is 14.1. The highest BCUT2D eigenvalue weighted by molar-refractivity contribution is 5.81. The van der Waals surface area contributed by atoms with E-state index in [1.807, 2.05) is 0 Å². The third-order valence-corrected chi connectivity index (χ3v) is 2.75. The highest BCUT2D eigenvalue weighted by Crippen LogP contribution is 2.19. The van der Waals surface area contributed by atoms with Crippen molar-refractivity contribution in [2.24, 2.45) is 0 Å². The van der Waals surface area contributed by atoms with Gasteiger partial charge in [0.15, 0.2) is 0 Å². The van der Waals surface area contributed by atoms with Gasteiger partial charge in [0, 0.05) is 28.9 Å². The molecule has 3 rings (SSSR count). The summed E-state index contributed by atoms with van der Waals surface area (Å²) in [6, 6.07) is 9.69. The van der Waals surface area contributed by atoms with Crippen molar-refractivity contribution < 1.29 is 4.42 Å². The number of aromatic amines is 1. The molecule has 6 heteroatoms. The van der Waals surface area contributed by atoms with E-state index in [0.717, 1.165) is 11.1 Å². The molecule has 0 bridgehead atoms. The Morgan fingerprint density at radius 1 is 1.15 bits per heavy atom. The van der Waals surface area contributed by atoms with Crippen LogP contribution in [0.4, 0.5) is 11.6 Å². The summed E-state index contributed by atoms with van der Waals surface area (Å²) in [4.78, 5) is 29.3. The molecule has 0 atom stereocenters. The number of benzene rings is 1. The summed E-state index contributed by atoms with van der Waals surface area (Å²) >= 11 is 0. The average molecular weight is 269 g/mol. The lowest BCUT2D eigenvalue weighted by Crippen LogP contribution is -2.10. The highest BCUT2D eigenvalue weighted by atomic mass is 16.4. The van der Waals surface area contributed by atoms with E-state index >= 15 is 0 Å². The van der Waals surface area contributed by atoms with Crippen LogP contribution in [0, 0.1) is 6.92 Å². The molecule has 0 radical (unpaired) electrons. The van der Waals surface area contributed by atoms with Crippen molar-refractivity contribution in [3.8, 4) is 0 Å². The van der Waals surface area contributed by atoms with Crippen LogP contribution in [0.15, 0.2) is 50.4 Å². The minimum Gasteiger partial charge on any atom is -0.423 e. The molecule has 0 amide bonds. The Morgan fingerprint density at radius 3 is 2.80 bits per heavy atom. The third-order valence-electron chi connectivity index (χ3n) is 2.75. The third kappa shape index (κ3) is 2.44. The standard InChI is InChI=1S/C14H11N3O3/c1-8-6-12(18)17-14(15-8)16-10-3-4-11-9(7-10)2-5-13(19)20-11/h2-7H,1H3,(H2,15,16,17,18). The quantitative estimate of drug-likeness (QED) is 0.694. The topological polar surface area (TPSA) is 88.0 Å². The number of hydrogen-bond acceptors (Lipinski definition) is 5. The fourth-order valence-corrected chi connectivity index (χ4v) is 1.92. The van der Waals surface area contributed by atoms with Gasteiger partial charge in [-0.2, -0.15) is 0 Å². The number of fused-ring (bicyclic) bond motifs is 1. The molecule has 3 aromatic rings. The van der Waals surface area contributed by atoms with Crippen molar-refractivity contribution in [1.82, 2.24) is 9.97 Å². The number of aromatic nitrogens is 2. The van der Waals surface area contributed by atoms with Crippen LogP contribution in [0.1, 0.15) is 5.69 Å². The van der Waals surface area contributed by atoms with E-state index in [1.165, 1.54) is 12.1 Å². The maximum absolute atomic E-state index is 11.4. The second kappa shape index (κ2) is 4.65. The van der Waals surface area contributed by atoms with Gasteiger partial charge in [0.1, 0.15) is 5.58 Å². The molecule has 1 aromatic carbocycles. The predicted molar refractivity (Wildman–Crippen MR) is 75.4 cm³/mol. The Bertz CT molecular complexity index is 896. The maximum atomic E-state index is 11.4. The van der Waals surface area contributed by atoms with Gasteiger partial charge in [0.05, 0.1) is 0 Å². The summed E-state index contributed by atoms with van der Waals surface area (Å²) in [6.07, 6.45) is 0. The first kappa shape index (κ1) is 12.2. The number of aryl methyl sites for hydroxylation is 1. The molecular formula is C14H11N3O3. The molecular weight excluding hydrogens is 258 g/mol. The second-order valence-corrected chi connectivity index (χ2v) is 4.37. The molecule has 0 aliphatic rings. The van der Waals surface area contributed by atoms with Crippen LogP contribution < -0.4 is 16.5 Å². The molecule has 0 saturated carbocycles. The number of hydrogen-bond donors (Lipinski definition) is 2. The molecule has 20 heavy (non-hydrogen) atoms. The van der Waals surface area contributed by atoms with Gasteiger partial charge in [-0.05, 0) is 31.2 Å². The van der Waals surface area contributed by atoms with Gasteiger partial charge in [-0.25, -0.2) is 9.78 Å². The van der Waals surface area contributed by atoms with Crippen molar-refractivity contribution in [3.63, 3.8) is 0 Å². The Morgan fingerprint density at radius 2 is 2.00 bits per heavy atom. The number of rotatable bonds is 2. The number of H-pyrrole nitrogens is 1. The van der Waals surface area contributed by atoms with E-state index in [1.54, 1.807) is 31.2 Å². The Balaban J connectivity index is 2.00. The predicted octanol–water partition coefficient (Wildman–Crippen LogP) is 1.93. The van der Waals surface area contributed by atoms with Gasteiger partial charge in [0.25, 0.3) is 5.56 Å². The molecule has 0 unspecified atom stereocenters. The fourth-order valence-electron chi connectivity index (χ4n) is 1.92. The van der Waals surface area contributed by atoms with Crippen LogP contribution in [0.5, 0.6) is 0 Å². The lowest BCUT2D eigenvalue weighted by atomic mass is 10.2. The van der Waals surface area contributed by atoms with Gasteiger partial charge < -0.3 is 9.73 Å². The molecule has 6 nitrogen and oxygen atoms in total. The summed E-state index contributed by atoms with van der Waals surface area (Å²) in [5, 5.41) is 3.79. The minimum absolute atomic E-state index is 0.216. The van der Waals surface area contributed by atoms with Gasteiger partial charge in [0.2, 0.25) is 5.95 Å². The SMILES string of the molecule is Cc1cc(=O)[nH]c(Nc2ccc3oc(=O)ccc3c2)n1. The molecule has 0 aliphatic carbocycles. The smallest absolute Gasteiger partial charge is 0.336 e. The maximum Gasteiger partial charge on any atom is 0.336 e. The molecule has 2 aromatic heterocycles. The largest absolute Gasteiger partial charge is 0.423 e. The zero-order valence-corrected chi connectivity index (χ0v) is 10.6. The van der Waals surface area contributed by atoms with Crippen molar-refractivity contribution in [2.75, 3.05) is 5.32 Å². The normalized spacial score (nSPS) is 10.7. The molecule has 0 fully saturated rings. The van der Waals surface area contributed by atoms with Crippen LogP contribution in [0.3, 0.4) is 0 Å². The first-order valence-corrected chi connectivity index (χ1v) is 5.99. The van der Waals surface area contributed by atoms with Gasteiger partial charge in [-0.1, -0.05) is 0 Å². The van der Waals surface area contributed by atoms with E-state index in [9.17, 15) is 9.59 Å². The minimum atomic E-state index is -0.386. The van der Waals surface area contributed by atoms with E-state index < -0.39 is 0 Å². The van der Waals surface area contributed by atoms with Crippen molar-refractivity contribution >= 4 is 22.6 Å². The zero-order valence-electron chi connectivity index (χ0n) is 10.6. The van der Waals surface area contributed by atoms with Crippen molar-refractivity contribution in [3.05, 3.63) is 62.9 Å². The summed E-state index contributed by atoms with van der Waals surface area (Å²) in [7, 11) is 0. The Labute approximate surface area is 113 Å². The lowest BCUT2D eigenvalue weighted by molar-refractivity contribution is 0.561. The number of nitrogens with zero attached hydrogens (tertiary/aromatic N) is 1. The van der Waals surface area contributed by atoms with E-state index in [-0.39, 0.29) is 11.2 Å². The fraction of sp³-hybridized carbons (Fsp3) is 0.0714. The van der Waals surface area contributed by atoms with Crippen LogP contribution >= 0.6 is 0 Å². The molecule has 0 saturated heterocycles. The van der Waals surface area contributed by atoms with Gasteiger partial charge in [-0.15, -0.1) is 0 Å². The first-order chi connectivity index (χ1) is 9.60. The van der Waals surface area contributed by atoms with Crippen LogP contribution in [-0.2, 0) is 0 Å². The highest BCUT2D eigenvalue weighted by Gasteiger charge is 2.02. The summed E-state index contributed by atoms with van der Waals surface area (Å²) in [5.41, 5.74) is 1.27. The van der Waals surface area contributed by atoms with Gasteiger partial charge in [-0.3, -0.25) is 9.78 Å². The molecule has 2 heterocycles. The molecule has 2 N–H and O–H groups in total.